The second kappa shape index (κ2) is 9.73. The Balaban J connectivity index is 1.82. The van der Waals surface area contributed by atoms with Gasteiger partial charge in [-0.25, -0.2) is 0 Å². The summed E-state index contributed by atoms with van der Waals surface area (Å²) in [6.07, 6.45) is 0. The molecule has 7 heteroatoms. The third-order valence-corrected chi connectivity index (χ3v) is 5.44. The fourth-order valence-electron chi connectivity index (χ4n) is 2.83. The molecule has 1 heterocycles. The maximum absolute atomic E-state index is 6.05. The minimum absolute atomic E-state index is 0.395. The predicted molar refractivity (Wildman–Crippen MR) is 115 cm³/mol. The molecule has 1 fully saturated rings. The van der Waals surface area contributed by atoms with Gasteiger partial charge in [0.1, 0.15) is 11.6 Å². The minimum atomic E-state index is 0.395. The molecule has 1 aliphatic rings. The van der Waals surface area contributed by atoms with E-state index in [1.807, 2.05) is 43.3 Å². The highest BCUT2D eigenvalue weighted by molar-refractivity contribution is 9.10. The third kappa shape index (κ3) is 5.35. The molecule has 0 radical (unpaired) electrons. The van der Waals surface area contributed by atoms with E-state index in [0.29, 0.717) is 42.9 Å². The second-order valence-corrected chi connectivity index (χ2v) is 7.72. The first-order valence-corrected chi connectivity index (χ1v) is 10.4. The average Bonchev–Trinajstić information content (AvgIpc) is 2.67. The van der Waals surface area contributed by atoms with Crippen LogP contribution in [0.1, 0.15) is 18.1 Å². The van der Waals surface area contributed by atoms with E-state index in [1.165, 1.54) is 0 Å². The quantitative estimate of drug-likeness (QED) is 0.549. The van der Waals surface area contributed by atoms with E-state index in [-0.39, 0.29) is 0 Å². The summed E-state index contributed by atoms with van der Waals surface area (Å²) in [5.41, 5.74) is 1.92. The van der Waals surface area contributed by atoms with Crippen molar-refractivity contribution in [2.45, 2.75) is 13.5 Å². The molecular formula is C20H21BrClNO3S. The summed E-state index contributed by atoms with van der Waals surface area (Å²) in [5, 5.41) is 0.686. The van der Waals surface area contributed by atoms with Crippen molar-refractivity contribution in [1.29, 1.82) is 0 Å². The SMILES string of the molecule is CCOc1cc(C(=S)N2CCOCC2)cc(Br)c1OCc1cccc(Cl)c1. The van der Waals surface area contributed by atoms with Crippen molar-refractivity contribution in [2.75, 3.05) is 32.9 Å². The fourth-order valence-corrected chi connectivity index (χ4v) is 3.90. The number of ether oxygens (including phenoxy) is 3. The highest BCUT2D eigenvalue weighted by Gasteiger charge is 2.19. The van der Waals surface area contributed by atoms with Crippen molar-refractivity contribution in [3.05, 3.63) is 57.0 Å². The number of benzene rings is 2. The second-order valence-electron chi connectivity index (χ2n) is 6.04. The summed E-state index contributed by atoms with van der Waals surface area (Å²) in [7, 11) is 0. The number of hydrogen-bond acceptors (Lipinski definition) is 4. The van der Waals surface area contributed by atoms with Crippen LogP contribution in [0.4, 0.5) is 0 Å². The summed E-state index contributed by atoms with van der Waals surface area (Å²) in [6, 6.07) is 11.5. The molecule has 144 valence electrons. The largest absolute Gasteiger partial charge is 0.490 e. The summed E-state index contributed by atoms with van der Waals surface area (Å²) in [6.45, 7) is 5.86. The normalized spacial score (nSPS) is 14.1. The molecule has 0 bridgehead atoms. The molecule has 1 aliphatic heterocycles. The standard InChI is InChI=1S/C20H21BrClNO3S/c1-2-25-18-12-15(20(27)23-6-8-24-9-7-23)11-17(21)19(18)26-13-14-4-3-5-16(22)10-14/h3-5,10-12H,2,6-9,13H2,1H3. The molecule has 27 heavy (non-hydrogen) atoms. The van der Waals surface area contributed by atoms with Gasteiger partial charge >= 0.3 is 0 Å². The van der Waals surface area contributed by atoms with Crippen LogP contribution in [-0.4, -0.2) is 42.8 Å². The predicted octanol–water partition coefficient (Wildman–Crippen LogP) is 5.09. The first-order chi connectivity index (χ1) is 13.1. The lowest BCUT2D eigenvalue weighted by Gasteiger charge is -2.29. The fraction of sp³-hybridized carbons (Fsp3) is 0.350. The van der Waals surface area contributed by atoms with Crippen molar-refractivity contribution in [1.82, 2.24) is 4.90 Å². The molecule has 0 amide bonds. The van der Waals surface area contributed by atoms with Crippen LogP contribution < -0.4 is 9.47 Å². The summed E-state index contributed by atoms with van der Waals surface area (Å²) >= 11 is 15.3. The van der Waals surface area contributed by atoms with Crippen molar-refractivity contribution in [3.8, 4) is 11.5 Å². The van der Waals surface area contributed by atoms with Crippen molar-refractivity contribution in [3.63, 3.8) is 0 Å². The smallest absolute Gasteiger partial charge is 0.175 e. The van der Waals surface area contributed by atoms with Gasteiger partial charge in [-0.1, -0.05) is 36.0 Å². The van der Waals surface area contributed by atoms with Gasteiger partial charge in [-0.05, 0) is 52.7 Å². The monoisotopic (exact) mass is 469 g/mol. The molecule has 2 aromatic rings. The molecule has 0 atom stereocenters. The van der Waals surface area contributed by atoms with Gasteiger partial charge in [-0.2, -0.15) is 0 Å². The van der Waals surface area contributed by atoms with E-state index >= 15 is 0 Å². The lowest BCUT2D eigenvalue weighted by Crippen LogP contribution is -2.40. The van der Waals surface area contributed by atoms with Crippen molar-refractivity contribution >= 4 is 44.7 Å². The van der Waals surface area contributed by atoms with Crippen LogP contribution in [0, 0.1) is 0 Å². The van der Waals surface area contributed by atoms with Crippen LogP contribution in [0.2, 0.25) is 5.02 Å². The van der Waals surface area contributed by atoms with Gasteiger partial charge in [0.05, 0.1) is 24.3 Å². The molecule has 2 aromatic carbocycles. The number of halogens is 2. The highest BCUT2D eigenvalue weighted by Crippen LogP contribution is 2.38. The average molecular weight is 471 g/mol. The lowest BCUT2D eigenvalue weighted by atomic mass is 10.1. The number of morpholine rings is 1. The molecule has 0 aliphatic carbocycles. The molecule has 3 rings (SSSR count). The zero-order valence-electron chi connectivity index (χ0n) is 15.0. The van der Waals surface area contributed by atoms with Crippen LogP contribution in [0.5, 0.6) is 11.5 Å². The van der Waals surface area contributed by atoms with E-state index in [1.54, 1.807) is 0 Å². The van der Waals surface area contributed by atoms with Crippen LogP contribution >= 0.6 is 39.7 Å². The number of nitrogens with zero attached hydrogens (tertiary/aromatic N) is 1. The Morgan fingerprint density at radius 1 is 1.22 bits per heavy atom. The summed E-state index contributed by atoms with van der Waals surface area (Å²) in [4.78, 5) is 2.95. The first kappa shape index (κ1) is 20.4. The van der Waals surface area contributed by atoms with Crippen LogP contribution in [0.25, 0.3) is 0 Å². The van der Waals surface area contributed by atoms with Gasteiger partial charge < -0.3 is 19.1 Å². The Labute approximate surface area is 178 Å². The molecule has 4 nitrogen and oxygen atoms in total. The van der Waals surface area contributed by atoms with Crippen LogP contribution in [0.15, 0.2) is 40.9 Å². The molecule has 0 unspecified atom stereocenters. The molecule has 0 saturated carbocycles. The Morgan fingerprint density at radius 3 is 2.70 bits per heavy atom. The number of rotatable bonds is 6. The minimum Gasteiger partial charge on any atom is -0.490 e. The van der Waals surface area contributed by atoms with Gasteiger partial charge in [0.15, 0.2) is 11.5 Å². The maximum atomic E-state index is 6.05. The molecular weight excluding hydrogens is 450 g/mol. The van der Waals surface area contributed by atoms with E-state index in [9.17, 15) is 0 Å². The van der Waals surface area contributed by atoms with E-state index in [2.05, 4.69) is 20.8 Å². The summed E-state index contributed by atoms with van der Waals surface area (Å²) < 4.78 is 18.1. The molecule has 0 N–H and O–H groups in total. The van der Waals surface area contributed by atoms with Crippen LogP contribution in [-0.2, 0) is 11.3 Å². The van der Waals surface area contributed by atoms with Crippen molar-refractivity contribution < 1.29 is 14.2 Å². The zero-order valence-corrected chi connectivity index (χ0v) is 18.2. The highest BCUT2D eigenvalue weighted by atomic mass is 79.9. The Morgan fingerprint density at radius 2 is 2.00 bits per heavy atom. The van der Waals surface area contributed by atoms with Crippen LogP contribution in [0.3, 0.4) is 0 Å². The molecule has 1 saturated heterocycles. The maximum Gasteiger partial charge on any atom is 0.175 e. The third-order valence-electron chi connectivity index (χ3n) is 4.13. The van der Waals surface area contributed by atoms with Gasteiger partial charge in [-0.3, -0.25) is 0 Å². The molecule has 0 aromatic heterocycles. The van der Waals surface area contributed by atoms with E-state index < -0.39 is 0 Å². The van der Waals surface area contributed by atoms with Gasteiger partial charge in [-0.15, -0.1) is 0 Å². The van der Waals surface area contributed by atoms with E-state index in [0.717, 1.165) is 33.7 Å². The Kier molecular flexibility index (Phi) is 7.35. The number of thiocarbonyl (C=S) groups is 1. The topological polar surface area (TPSA) is 30.9 Å². The first-order valence-electron chi connectivity index (χ1n) is 8.79. The Bertz CT molecular complexity index is 812. The van der Waals surface area contributed by atoms with Gasteiger partial charge in [0.25, 0.3) is 0 Å². The Hall–Kier alpha value is -1.34. The van der Waals surface area contributed by atoms with E-state index in [4.69, 9.17) is 38.0 Å². The van der Waals surface area contributed by atoms with Gasteiger partial charge in [0.2, 0.25) is 0 Å². The molecule has 0 spiro atoms. The van der Waals surface area contributed by atoms with Crippen molar-refractivity contribution in [2.24, 2.45) is 0 Å². The van der Waals surface area contributed by atoms with Gasteiger partial charge in [0, 0.05) is 23.7 Å². The summed E-state index contributed by atoms with van der Waals surface area (Å²) in [5.74, 6) is 1.32. The number of hydrogen-bond donors (Lipinski definition) is 0. The zero-order chi connectivity index (χ0) is 19.2. The lowest BCUT2D eigenvalue weighted by molar-refractivity contribution is 0.0693.